The minimum atomic E-state index is -0.366. The number of rotatable bonds is 2. The highest BCUT2D eigenvalue weighted by Crippen LogP contribution is 2.41. The molecule has 4 heteroatoms. The fourth-order valence-corrected chi connectivity index (χ4v) is 3.05. The van der Waals surface area contributed by atoms with Gasteiger partial charge in [0.25, 0.3) is 0 Å². The van der Waals surface area contributed by atoms with Gasteiger partial charge in [-0.15, -0.1) is 0 Å². The summed E-state index contributed by atoms with van der Waals surface area (Å²) in [6, 6.07) is 10.3. The van der Waals surface area contributed by atoms with Crippen LogP contribution in [0.5, 0.6) is 5.75 Å². The van der Waals surface area contributed by atoms with E-state index >= 15 is 0 Å². The Morgan fingerprint density at radius 3 is 2.21 bits per heavy atom. The molecule has 2 aromatic carbocycles. The first-order valence-corrected chi connectivity index (χ1v) is 8.37. The molecule has 3 nitrogen and oxygen atoms in total. The molecular formula is C20H25BO3. The third-order valence-electron chi connectivity index (χ3n) is 4.46. The molecule has 1 N–H and O–H groups in total. The Hall–Kier alpha value is -1.94. The highest BCUT2D eigenvalue weighted by Gasteiger charge is 2.25. The van der Waals surface area contributed by atoms with Crippen LogP contribution in [-0.2, 0) is 10.8 Å². The third kappa shape index (κ3) is 2.80. The smallest absolute Gasteiger partial charge is 0.504 e. The molecule has 0 spiro atoms. The lowest BCUT2D eigenvalue weighted by atomic mass is 9.79. The lowest BCUT2D eigenvalue weighted by Gasteiger charge is -2.25. The maximum Gasteiger partial charge on any atom is 0.504 e. The highest BCUT2D eigenvalue weighted by atomic mass is 16.5. The maximum absolute atomic E-state index is 9.12. The van der Waals surface area contributed by atoms with Crippen molar-refractivity contribution >= 4 is 29.6 Å². The van der Waals surface area contributed by atoms with E-state index in [2.05, 4.69) is 53.7 Å². The van der Waals surface area contributed by atoms with Crippen LogP contribution in [-0.4, -0.2) is 12.7 Å². The second-order valence-electron chi connectivity index (χ2n) is 8.41. The Labute approximate surface area is 143 Å². The second-order valence-corrected chi connectivity index (χ2v) is 8.41. The summed E-state index contributed by atoms with van der Waals surface area (Å²) in [5.74, 6) is 0.573. The number of fused-ring (bicyclic) bond motifs is 3. The standard InChI is InChI=1S/C20H25BO3/c1-19(2,3)12-10-14-13-8-7-9-16(24-21-22)18(13)23-17(14)15(11-12)20(4,5)6/h7-11,21-22H,1-6H3. The van der Waals surface area contributed by atoms with Crippen molar-refractivity contribution in [2.75, 3.05) is 0 Å². The number of furan rings is 1. The minimum Gasteiger partial charge on any atom is -0.536 e. The molecule has 0 bridgehead atoms. The van der Waals surface area contributed by atoms with E-state index in [9.17, 15) is 0 Å². The largest absolute Gasteiger partial charge is 0.536 e. The van der Waals surface area contributed by atoms with E-state index < -0.39 is 0 Å². The molecule has 126 valence electrons. The normalized spacial score (nSPS) is 12.8. The van der Waals surface area contributed by atoms with Crippen molar-refractivity contribution in [3.05, 3.63) is 41.5 Å². The van der Waals surface area contributed by atoms with Gasteiger partial charge < -0.3 is 14.1 Å². The van der Waals surface area contributed by atoms with E-state index in [4.69, 9.17) is 14.1 Å². The molecule has 0 aliphatic heterocycles. The van der Waals surface area contributed by atoms with Gasteiger partial charge in [0.2, 0.25) is 0 Å². The molecule has 0 atom stereocenters. The molecule has 1 aromatic heterocycles. The lowest BCUT2D eigenvalue weighted by molar-refractivity contribution is 0.450. The maximum atomic E-state index is 9.12. The molecule has 0 fully saturated rings. The number of para-hydroxylation sites is 1. The zero-order valence-electron chi connectivity index (χ0n) is 15.4. The molecule has 24 heavy (non-hydrogen) atoms. The predicted molar refractivity (Wildman–Crippen MR) is 101 cm³/mol. The molecule has 0 aliphatic carbocycles. The number of hydrogen-bond acceptors (Lipinski definition) is 3. The van der Waals surface area contributed by atoms with Crippen LogP contribution in [0.25, 0.3) is 21.9 Å². The zero-order chi connectivity index (χ0) is 17.7. The summed E-state index contributed by atoms with van der Waals surface area (Å²) in [5, 5.41) is 11.2. The van der Waals surface area contributed by atoms with Crippen LogP contribution in [0.1, 0.15) is 52.7 Å². The van der Waals surface area contributed by atoms with Crippen LogP contribution in [0.4, 0.5) is 0 Å². The van der Waals surface area contributed by atoms with Crippen LogP contribution < -0.4 is 4.65 Å². The zero-order valence-corrected chi connectivity index (χ0v) is 15.4. The lowest BCUT2D eigenvalue weighted by Crippen LogP contribution is -2.16. The first kappa shape index (κ1) is 16.9. The quantitative estimate of drug-likeness (QED) is 0.687. The van der Waals surface area contributed by atoms with E-state index in [0.717, 1.165) is 16.4 Å². The van der Waals surface area contributed by atoms with Gasteiger partial charge in [0.15, 0.2) is 5.58 Å². The van der Waals surface area contributed by atoms with Gasteiger partial charge in [0, 0.05) is 16.3 Å². The monoisotopic (exact) mass is 324 g/mol. The Morgan fingerprint density at radius 1 is 0.917 bits per heavy atom. The van der Waals surface area contributed by atoms with Crippen molar-refractivity contribution < 1.29 is 14.1 Å². The fraction of sp³-hybridized carbons (Fsp3) is 0.400. The summed E-state index contributed by atoms with van der Waals surface area (Å²) < 4.78 is 11.6. The second kappa shape index (κ2) is 5.56. The predicted octanol–water partition coefficient (Wildman–Crippen LogP) is 4.82. The van der Waals surface area contributed by atoms with Gasteiger partial charge in [0.1, 0.15) is 11.3 Å². The third-order valence-corrected chi connectivity index (χ3v) is 4.46. The van der Waals surface area contributed by atoms with E-state index in [1.165, 1.54) is 11.1 Å². The Bertz CT molecular complexity index is 895. The topological polar surface area (TPSA) is 42.6 Å². The average Bonchev–Trinajstić information content (AvgIpc) is 2.84. The molecule has 1 heterocycles. The molecule has 3 rings (SSSR count). The van der Waals surface area contributed by atoms with Crippen molar-refractivity contribution in [1.82, 2.24) is 0 Å². The number of benzene rings is 2. The van der Waals surface area contributed by atoms with Crippen molar-refractivity contribution in [1.29, 1.82) is 0 Å². The summed E-state index contributed by atoms with van der Waals surface area (Å²) >= 11 is 0. The first-order valence-electron chi connectivity index (χ1n) is 8.37. The summed E-state index contributed by atoms with van der Waals surface area (Å²) in [5.41, 5.74) is 4.09. The van der Waals surface area contributed by atoms with Crippen LogP contribution in [0.2, 0.25) is 0 Å². The van der Waals surface area contributed by atoms with Gasteiger partial charge in [-0.1, -0.05) is 59.7 Å². The average molecular weight is 324 g/mol. The fourth-order valence-electron chi connectivity index (χ4n) is 3.05. The minimum absolute atomic E-state index is 0.0363. The molecule has 0 amide bonds. The van der Waals surface area contributed by atoms with E-state index in [1.54, 1.807) is 0 Å². The molecule has 0 aliphatic rings. The van der Waals surface area contributed by atoms with Gasteiger partial charge in [-0.05, 0) is 28.5 Å². The van der Waals surface area contributed by atoms with Gasteiger partial charge in [-0.25, -0.2) is 0 Å². The number of hydrogen-bond donors (Lipinski definition) is 1. The van der Waals surface area contributed by atoms with Gasteiger partial charge in [-0.2, -0.15) is 0 Å². The summed E-state index contributed by atoms with van der Waals surface area (Å²) in [7, 11) is -0.366. The summed E-state index contributed by atoms with van der Waals surface area (Å²) in [6.07, 6.45) is 0. The van der Waals surface area contributed by atoms with E-state index in [1.807, 2.05) is 18.2 Å². The van der Waals surface area contributed by atoms with Gasteiger partial charge >= 0.3 is 7.69 Å². The molecule has 0 unspecified atom stereocenters. The highest BCUT2D eigenvalue weighted by molar-refractivity contribution is 6.18. The molecule has 0 saturated carbocycles. The van der Waals surface area contributed by atoms with Gasteiger partial charge in [-0.3, -0.25) is 0 Å². The Kier molecular flexibility index (Phi) is 3.91. The molecule has 0 radical (unpaired) electrons. The summed E-state index contributed by atoms with van der Waals surface area (Å²) in [6.45, 7) is 13.3. The molecule has 3 aromatic rings. The molecular weight excluding hydrogens is 299 g/mol. The van der Waals surface area contributed by atoms with Crippen LogP contribution in [0.3, 0.4) is 0 Å². The van der Waals surface area contributed by atoms with Crippen molar-refractivity contribution in [2.24, 2.45) is 0 Å². The Morgan fingerprint density at radius 2 is 1.62 bits per heavy atom. The van der Waals surface area contributed by atoms with Crippen LogP contribution in [0.15, 0.2) is 34.7 Å². The van der Waals surface area contributed by atoms with E-state index in [-0.39, 0.29) is 18.5 Å². The first-order chi connectivity index (χ1) is 11.1. The molecule has 0 saturated heterocycles. The summed E-state index contributed by atoms with van der Waals surface area (Å²) in [4.78, 5) is 0. The van der Waals surface area contributed by atoms with Gasteiger partial charge in [0.05, 0.1) is 0 Å². The van der Waals surface area contributed by atoms with Crippen molar-refractivity contribution in [2.45, 2.75) is 52.4 Å². The SMILES string of the molecule is CC(C)(C)c1cc(C(C)(C)C)c2oc3c(OBO)cccc3c2c1. The van der Waals surface area contributed by atoms with Crippen LogP contribution >= 0.6 is 0 Å². The van der Waals surface area contributed by atoms with Crippen molar-refractivity contribution in [3.8, 4) is 5.75 Å². The van der Waals surface area contributed by atoms with Crippen LogP contribution in [0, 0.1) is 0 Å². The van der Waals surface area contributed by atoms with E-state index in [0.29, 0.717) is 11.3 Å². The Balaban J connectivity index is 2.44. The van der Waals surface area contributed by atoms with Crippen molar-refractivity contribution in [3.63, 3.8) is 0 Å².